The lowest BCUT2D eigenvalue weighted by Crippen LogP contribution is -2.27. The highest BCUT2D eigenvalue weighted by molar-refractivity contribution is 7.89. The van der Waals surface area contributed by atoms with E-state index >= 15 is 0 Å². The average Bonchev–Trinajstić information content (AvgIpc) is 2.93. The van der Waals surface area contributed by atoms with Crippen LogP contribution < -0.4 is 16.0 Å². The van der Waals surface area contributed by atoms with Crippen LogP contribution in [-0.4, -0.2) is 18.0 Å². The van der Waals surface area contributed by atoms with Gasteiger partial charge in [0.2, 0.25) is 10.0 Å². The Morgan fingerprint density at radius 1 is 1.11 bits per heavy atom. The van der Waals surface area contributed by atoms with Crippen molar-refractivity contribution in [2.45, 2.75) is 11.4 Å². The number of aromatic amines is 1. The molecule has 0 aliphatic rings. The molecule has 27 heavy (non-hydrogen) atoms. The molecule has 2 heterocycles. The molecule has 9 heteroatoms. The number of oxazole rings is 1. The van der Waals surface area contributed by atoms with Crippen LogP contribution in [0.15, 0.2) is 67.4 Å². The second-order valence-electron chi connectivity index (χ2n) is 6.09. The highest BCUT2D eigenvalue weighted by atomic mass is 32.2. The number of H-pyrrole nitrogens is 1. The third kappa shape index (κ3) is 3.07. The first-order chi connectivity index (χ1) is 12.8. The maximum absolute atomic E-state index is 12.6. The van der Waals surface area contributed by atoms with E-state index in [4.69, 9.17) is 4.42 Å². The van der Waals surface area contributed by atoms with E-state index in [0.29, 0.717) is 16.6 Å². The molecule has 0 bridgehead atoms. The van der Waals surface area contributed by atoms with Crippen LogP contribution in [0.4, 0.5) is 0 Å². The number of nitrogens with one attached hydrogen (secondary N) is 2. The quantitative estimate of drug-likeness (QED) is 0.552. The minimum atomic E-state index is -3.90. The van der Waals surface area contributed by atoms with E-state index in [0.717, 1.165) is 5.39 Å². The Morgan fingerprint density at radius 3 is 2.70 bits per heavy atom. The fourth-order valence-corrected chi connectivity index (χ4v) is 3.88. The molecule has 0 aliphatic carbocycles. The van der Waals surface area contributed by atoms with Gasteiger partial charge < -0.3 is 9.40 Å². The number of sulfonamides is 1. The molecule has 8 nitrogen and oxygen atoms in total. The number of nitrogens with zero attached hydrogens (tertiary/aromatic N) is 1. The standard InChI is InChI=1S/C18H15N3O5S/c1-21-15-7-6-13(9-16(15)26-18(21)23)27(24,25)19-10-12-8-11-4-2-3-5-14(11)20-17(12)22/h2-9,19H,10H2,1H3,(H,20,22). The fraction of sp³-hybridized carbons (Fsp3) is 0.111. The lowest BCUT2D eigenvalue weighted by atomic mass is 10.1. The SMILES string of the molecule is Cn1c(=O)oc2cc(S(=O)(=O)NCc3cc4ccccc4[nH]c3=O)ccc21. The fourth-order valence-electron chi connectivity index (χ4n) is 2.86. The molecule has 2 aromatic carbocycles. The summed E-state index contributed by atoms with van der Waals surface area (Å²) < 4.78 is 33.9. The first-order valence-electron chi connectivity index (χ1n) is 8.05. The van der Waals surface area contributed by atoms with E-state index in [1.807, 2.05) is 12.1 Å². The molecule has 0 spiro atoms. The van der Waals surface area contributed by atoms with Gasteiger partial charge in [-0.1, -0.05) is 18.2 Å². The maximum Gasteiger partial charge on any atom is 0.419 e. The number of aryl methyl sites for hydroxylation is 1. The van der Waals surface area contributed by atoms with Crippen LogP contribution in [-0.2, 0) is 23.6 Å². The lowest BCUT2D eigenvalue weighted by Gasteiger charge is -2.07. The molecular weight excluding hydrogens is 370 g/mol. The van der Waals surface area contributed by atoms with Crippen LogP contribution in [0.1, 0.15) is 5.56 Å². The number of rotatable bonds is 4. The van der Waals surface area contributed by atoms with E-state index in [-0.39, 0.29) is 22.6 Å². The molecule has 2 aromatic heterocycles. The highest BCUT2D eigenvalue weighted by Gasteiger charge is 2.17. The molecule has 0 fully saturated rings. The third-order valence-electron chi connectivity index (χ3n) is 4.36. The van der Waals surface area contributed by atoms with Gasteiger partial charge in [0, 0.05) is 30.7 Å². The van der Waals surface area contributed by atoms with Crippen molar-refractivity contribution >= 4 is 32.0 Å². The van der Waals surface area contributed by atoms with Crippen molar-refractivity contribution in [3.05, 3.63) is 75.0 Å². The van der Waals surface area contributed by atoms with Gasteiger partial charge in [-0.05, 0) is 29.7 Å². The van der Waals surface area contributed by atoms with E-state index in [1.54, 1.807) is 18.2 Å². The van der Waals surface area contributed by atoms with Crippen molar-refractivity contribution in [2.75, 3.05) is 0 Å². The first kappa shape index (κ1) is 17.3. The van der Waals surface area contributed by atoms with E-state index in [2.05, 4.69) is 9.71 Å². The van der Waals surface area contributed by atoms with Crippen molar-refractivity contribution in [1.29, 1.82) is 0 Å². The minimum Gasteiger partial charge on any atom is -0.408 e. The van der Waals surface area contributed by atoms with Gasteiger partial charge >= 0.3 is 5.76 Å². The largest absolute Gasteiger partial charge is 0.419 e. The number of benzene rings is 2. The Kier molecular flexibility index (Phi) is 3.97. The number of pyridine rings is 1. The molecule has 4 rings (SSSR count). The number of hydrogen-bond acceptors (Lipinski definition) is 5. The van der Waals surface area contributed by atoms with E-state index < -0.39 is 15.8 Å². The van der Waals surface area contributed by atoms with Crippen molar-refractivity contribution < 1.29 is 12.8 Å². The van der Waals surface area contributed by atoms with Gasteiger partial charge in [-0.25, -0.2) is 17.9 Å². The molecule has 2 N–H and O–H groups in total. The van der Waals surface area contributed by atoms with Crippen LogP contribution >= 0.6 is 0 Å². The molecule has 138 valence electrons. The van der Waals surface area contributed by atoms with Crippen LogP contribution in [0.25, 0.3) is 22.0 Å². The monoisotopic (exact) mass is 385 g/mol. The van der Waals surface area contributed by atoms with Gasteiger partial charge in [0.1, 0.15) is 0 Å². The predicted octanol–water partition coefficient (Wildman–Crippen LogP) is 1.45. The normalized spacial score (nSPS) is 12.0. The summed E-state index contributed by atoms with van der Waals surface area (Å²) in [5, 5.41) is 0.804. The number of hydrogen-bond donors (Lipinski definition) is 2. The topological polar surface area (TPSA) is 114 Å². The lowest BCUT2D eigenvalue weighted by molar-refractivity contribution is 0.527. The molecule has 0 radical (unpaired) electrons. The van der Waals surface area contributed by atoms with Crippen LogP contribution in [0.3, 0.4) is 0 Å². The molecular formula is C18H15N3O5S. The first-order valence-corrected chi connectivity index (χ1v) is 9.54. The number of para-hydroxylation sites is 1. The zero-order valence-electron chi connectivity index (χ0n) is 14.2. The molecule has 0 unspecified atom stereocenters. The summed E-state index contributed by atoms with van der Waals surface area (Å²) in [5.41, 5.74) is 1.28. The number of aromatic nitrogens is 2. The van der Waals surface area contributed by atoms with Crippen LogP contribution in [0.5, 0.6) is 0 Å². The van der Waals surface area contributed by atoms with Gasteiger partial charge in [0.05, 0.1) is 10.4 Å². The zero-order chi connectivity index (χ0) is 19.2. The van der Waals surface area contributed by atoms with E-state index in [1.165, 1.54) is 29.8 Å². The Labute approximate surface area is 153 Å². The summed E-state index contributed by atoms with van der Waals surface area (Å²) in [7, 11) is -2.36. The number of fused-ring (bicyclic) bond motifs is 2. The summed E-state index contributed by atoms with van der Waals surface area (Å²) >= 11 is 0. The van der Waals surface area contributed by atoms with Crippen molar-refractivity contribution in [1.82, 2.24) is 14.3 Å². The molecule has 0 saturated carbocycles. The summed E-state index contributed by atoms with van der Waals surface area (Å²) in [6.07, 6.45) is 0. The second-order valence-corrected chi connectivity index (χ2v) is 7.86. The minimum absolute atomic E-state index is 0.0541. The van der Waals surface area contributed by atoms with Crippen molar-refractivity contribution in [2.24, 2.45) is 7.05 Å². The molecule has 0 aliphatic heterocycles. The zero-order valence-corrected chi connectivity index (χ0v) is 15.0. The van der Waals surface area contributed by atoms with Crippen LogP contribution in [0, 0.1) is 0 Å². The van der Waals surface area contributed by atoms with Gasteiger partial charge in [-0.3, -0.25) is 9.36 Å². The van der Waals surface area contributed by atoms with Gasteiger partial charge in [-0.15, -0.1) is 0 Å². The summed E-state index contributed by atoms with van der Waals surface area (Å²) in [6.45, 7) is -0.167. The average molecular weight is 385 g/mol. The smallest absolute Gasteiger partial charge is 0.408 e. The molecule has 0 amide bonds. The Morgan fingerprint density at radius 2 is 1.89 bits per heavy atom. The van der Waals surface area contributed by atoms with Crippen molar-refractivity contribution in [3.63, 3.8) is 0 Å². The van der Waals surface area contributed by atoms with Gasteiger partial charge in [0.25, 0.3) is 5.56 Å². The molecule has 4 aromatic rings. The maximum atomic E-state index is 12.6. The summed E-state index contributed by atoms with van der Waals surface area (Å²) in [6, 6.07) is 13.0. The van der Waals surface area contributed by atoms with Crippen LogP contribution in [0.2, 0.25) is 0 Å². The second kappa shape index (κ2) is 6.22. The highest BCUT2D eigenvalue weighted by Crippen LogP contribution is 2.18. The molecule has 0 saturated heterocycles. The Bertz CT molecular complexity index is 1400. The van der Waals surface area contributed by atoms with Crippen molar-refractivity contribution in [3.8, 4) is 0 Å². The van der Waals surface area contributed by atoms with Gasteiger partial charge in [0.15, 0.2) is 5.58 Å². The van der Waals surface area contributed by atoms with Gasteiger partial charge in [-0.2, -0.15) is 0 Å². The van der Waals surface area contributed by atoms with E-state index in [9.17, 15) is 18.0 Å². The molecule has 0 atom stereocenters. The Balaban J connectivity index is 1.65. The third-order valence-corrected chi connectivity index (χ3v) is 5.76. The summed E-state index contributed by atoms with van der Waals surface area (Å²) in [4.78, 5) is 26.4. The predicted molar refractivity (Wildman–Crippen MR) is 100 cm³/mol. The Hall–Kier alpha value is -3.17. The summed E-state index contributed by atoms with van der Waals surface area (Å²) in [5.74, 6) is -0.574.